The molecule has 2 atom stereocenters. The average Bonchev–Trinajstić information content (AvgIpc) is 1.73. The molecule has 0 aromatic carbocycles. The number of alkyl halides is 1. The highest BCUT2D eigenvalue weighted by Gasteiger charge is 2.47. The minimum absolute atomic E-state index is 0.458. The molecule has 1 saturated carbocycles. The van der Waals surface area contributed by atoms with Crippen LogP contribution in [-0.2, 0) is 0 Å². The Bertz CT molecular complexity index is 69.9. The SMILES string of the molecule is CC1(N)CC1F. The van der Waals surface area contributed by atoms with Crippen LogP contribution < -0.4 is 5.73 Å². The van der Waals surface area contributed by atoms with Gasteiger partial charge in [0.15, 0.2) is 0 Å². The number of hydrogen-bond acceptors (Lipinski definition) is 1. The molecule has 1 rings (SSSR count). The number of nitrogens with two attached hydrogens (primary N) is 1. The number of hydrogen-bond donors (Lipinski definition) is 1. The highest BCUT2D eigenvalue weighted by atomic mass is 19.1. The first-order valence-corrected chi connectivity index (χ1v) is 2.06. The monoisotopic (exact) mass is 89.1 g/mol. The molecule has 2 heteroatoms. The van der Waals surface area contributed by atoms with E-state index in [4.69, 9.17) is 5.73 Å². The van der Waals surface area contributed by atoms with Crippen molar-refractivity contribution in [3.05, 3.63) is 0 Å². The summed E-state index contributed by atoms with van der Waals surface area (Å²) in [7, 11) is 0. The summed E-state index contributed by atoms with van der Waals surface area (Å²) in [5, 5.41) is 0. The summed E-state index contributed by atoms with van der Waals surface area (Å²) < 4.78 is 11.8. The third-order valence-electron chi connectivity index (χ3n) is 1.17. The van der Waals surface area contributed by atoms with Crippen molar-refractivity contribution in [3.8, 4) is 0 Å². The summed E-state index contributed by atoms with van der Waals surface area (Å²) in [4.78, 5) is 0. The second-order valence-electron chi connectivity index (χ2n) is 2.18. The van der Waals surface area contributed by atoms with Crippen molar-refractivity contribution in [1.82, 2.24) is 0 Å². The van der Waals surface area contributed by atoms with Crippen molar-refractivity contribution in [2.24, 2.45) is 5.73 Å². The number of halogens is 1. The van der Waals surface area contributed by atoms with Crippen LogP contribution in [0.5, 0.6) is 0 Å². The summed E-state index contributed by atoms with van der Waals surface area (Å²) in [5.74, 6) is 0. The van der Waals surface area contributed by atoms with E-state index in [1.807, 2.05) is 0 Å². The predicted octanol–water partition coefficient (Wildman–Crippen LogP) is 0.446. The minimum Gasteiger partial charge on any atom is -0.323 e. The lowest BCUT2D eigenvalue weighted by Crippen LogP contribution is -2.19. The molecule has 0 saturated heterocycles. The number of rotatable bonds is 0. The summed E-state index contributed by atoms with van der Waals surface area (Å²) >= 11 is 0. The van der Waals surface area contributed by atoms with Gasteiger partial charge in [-0.3, -0.25) is 0 Å². The van der Waals surface area contributed by atoms with Gasteiger partial charge >= 0.3 is 0 Å². The van der Waals surface area contributed by atoms with Crippen LogP contribution >= 0.6 is 0 Å². The predicted molar refractivity (Wildman–Crippen MR) is 22.1 cm³/mol. The highest BCUT2D eigenvalue weighted by Crippen LogP contribution is 2.35. The molecule has 1 aliphatic carbocycles. The first-order valence-electron chi connectivity index (χ1n) is 2.06. The summed E-state index contributed by atoms with van der Waals surface area (Å²) in [5.41, 5.74) is 4.78. The molecule has 0 aromatic rings. The van der Waals surface area contributed by atoms with E-state index in [2.05, 4.69) is 0 Å². The molecule has 1 nitrogen and oxygen atoms in total. The van der Waals surface area contributed by atoms with Gasteiger partial charge < -0.3 is 5.73 Å². The second-order valence-corrected chi connectivity index (χ2v) is 2.18. The Morgan fingerprint density at radius 1 is 2.00 bits per heavy atom. The van der Waals surface area contributed by atoms with E-state index in [0.717, 1.165) is 0 Å². The highest BCUT2D eigenvalue weighted by molar-refractivity contribution is 5.05. The molecule has 0 heterocycles. The van der Waals surface area contributed by atoms with E-state index >= 15 is 0 Å². The molecule has 0 aromatic heterocycles. The fraction of sp³-hybridized carbons (Fsp3) is 1.00. The molecule has 0 bridgehead atoms. The maximum atomic E-state index is 11.8. The normalized spacial score (nSPS) is 55.5. The van der Waals surface area contributed by atoms with Gasteiger partial charge in [-0.2, -0.15) is 0 Å². The van der Waals surface area contributed by atoms with Crippen LogP contribution in [0.1, 0.15) is 13.3 Å². The van der Waals surface area contributed by atoms with E-state index in [-0.39, 0.29) is 0 Å². The van der Waals surface area contributed by atoms with Gasteiger partial charge in [0, 0.05) is 12.0 Å². The van der Waals surface area contributed by atoms with Gasteiger partial charge in [0.2, 0.25) is 0 Å². The standard InChI is InChI=1S/C4H8FN/c1-4(6)2-3(4)5/h3H,2,6H2,1H3. The van der Waals surface area contributed by atoms with Crippen molar-refractivity contribution >= 4 is 0 Å². The first kappa shape index (κ1) is 4.06. The molecule has 0 radical (unpaired) electrons. The molecule has 0 amide bonds. The third kappa shape index (κ3) is 0.411. The average molecular weight is 89.1 g/mol. The van der Waals surface area contributed by atoms with E-state index in [1.54, 1.807) is 6.92 Å². The van der Waals surface area contributed by atoms with Gasteiger partial charge in [0.1, 0.15) is 6.17 Å². The van der Waals surface area contributed by atoms with Gasteiger partial charge in [-0.05, 0) is 6.92 Å². The molecule has 2 N–H and O–H groups in total. The Hall–Kier alpha value is -0.110. The molecule has 1 aliphatic rings. The van der Waals surface area contributed by atoms with Gasteiger partial charge in [0.05, 0.1) is 0 Å². The van der Waals surface area contributed by atoms with Crippen LogP contribution in [0.25, 0.3) is 0 Å². The fourth-order valence-corrected chi connectivity index (χ4v) is 0.327. The molecule has 0 aliphatic heterocycles. The van der Waals surface area contributed by atoms with Crippen LogP contribution in [0.4, 0.5) is 4.39 Å². The van der Waals surface area contributed by atoms with Crippen molar-refractivity contribution in [2.45, 2.75) is 25.1 Å². The quantitative estimate of drug-likeness (QED) is 0.458. The minimum atomic E-state index is -0.725. The van der Waals surface area contributed by atoms with Crippen molar-refractivity contribution in [1.29, 1.82) is 0 Å². The summed E-state index contributed by atoms with van der Waals surface area (Å²) in [6, 6.07) is 0. The fourth-order valence-electron chi connectivity index (χ4n) is 0.327. The van der Waals surface area contributed by atoms with E-state index in [9.17, 15) is 4.39 Å². The van der Waals surface area contributed by atoms with Gasteiger partial charge in [0.25, 0.3) is 0 Å². The van der Waals surface area contributed by atoms with Crippen LogP contribution in [-0.4, -0.2) is 11.7 Å². The Morgan fingerprint density at radius 2 is 2.17 bits per heavy atom. The molecule has 1 fully saturated rings. The molecule has 2 unspecified atom stereocenters. The molecule has 6 heavy (non-hydrogen) atoms. The van der Waals surface area contributed by atoms with Crippen molar-refractivity contribution in [3.63, 3.8) is 0 Å². The third-order valence-corrected chi connectivity index (χ3v) is 1.17. The maximum Gasteiger partial charge on any atom is 0.120 e. The first-order chi connectivity index (χ1) is 2.63. The van der Waals surface area contributed by atoms with E-state index in [0.29, 0.717) is 6.42 Å². The zero-order valence-electron chi connectivity index (χ0n) is 3.74. The van der Waals surface area contributed by atoms with Crippen LogP contribution in [0.3, 0.4) is 0 Å². The Balaban J connectivity index is 2.41. The Labute approximate surface area is 36.3 Å². The maximum absolute atomic E-state index is 11.8. The summed E-state index contributed by atoms with van der Waals surface area (Å²) in [6.45, 7) is 1.72. The van der Waals surface area contributed by atoms with Gasteiger partial charge in [-0.1, -0.05) is 0 Å². The van der Waals surface area contributed by atoms with E-state index in [1.165, 1.54) is 0 Å². The second kappa shape index (κ2) is 0.757. The Morgan fingerprint density at radius 3 is 2.17 bits per heavy atom. The largest absolute Gasteiger partial charge is 0.323 e. The lowest BCUT2D eigenvalue weighted by atomic mass is 10.4. The topological polar surface area (TPSA) is 26.0 Å². The van der Waals surface area contributed by atoms with Gasteiger partial charge in [-0.15, -0.1) is 0 Å². The Kier molecular flexibility index (Phi) is 0.512. The lowest BCUT2D eigenvalue weighted by Gasteiger charge is -1.90. The zero-order chi connectivity index (χ0) is 4.78. The molecular weight excluding hydrogens is 81.0 g/mol. The van der Waals surface area contributed by atoms with Crippen LogP contribution in [0.2, 0.25) is 0 Å². The zero-order valence-corrected chi connectivity index (χ0v) is 3.74. The van der Waals surface area contributed by atoms with Gasteiger partial charge in [-0.25, -0.2) is 4.39 Å². The van der Waals surface area contributed by atoms with Crippen LogP contribution in [0.15, 0.2) is 0 Å². The lowest BCUT2D eigenvalue weighted by molar-refractivity contribution is 0.432. The molecular formula is C4H8FN. The summed E-state index contributed by atoms with van der Waals surface area (Å²) in [6.07, 6.45) is -0.176. The van der Waals surface area contributed by atoms with Crippen molar-refractivity contribution in [2.75, 3.05) is 0 Å². The molecule has 36 valence electrons. The smallest absolute Gasteiger partial charge is 0.120 e. The van der Waals surface area contributed by atoms with E-state index < -0.39 is 11.7 Å². The van der Waals surface area contributed by atoms with Crippen molar-refractivity contribution < 1.29 is 4.39 Å². The van der Waals surface area contributed by atoms with Crippen LogP contribution in [0, 0.1) is 0 Å². The molecule has 0 spiro atoms.